The van der Waals surface area contributed by atoms with Crippen LogP contribution in [0.2, 0.25) is 0 Å². The number of carbonyl (C=O) groups is 1. The number of aryl methyl sites for hydroxylation is 1. The Morgan fingerprint density at radius 1 is 1.41 bits per heavy atom. The van der Waals surface area contributed by atoms with Crippen molar-refractivity contribution in [2.24, 2.45) is 5.41 Å². The van der Waals surface area contributed by atoms with Crippen molar-refractivity contribution in [3.63, 3.8) is 0 Å². The topological polar surface area (TPSA) is 20.3 Å². The molecule has 0 fully saturated rings. The van der Waals surface area contributed by atoms with Crippen LogP contribution in [0.3, 0.4) is 0 Å². The highest BCUT2D eigenvalue weighted by molar-refractivity contribution is 5.62. The van der Waals surface area contributed by atoms with Gasteiger partial charge in [0, 0.05) is 24.2 Å². The zero-order valence-corrected chi connectivity index (χ0v) is 10.8. The number of fused-ring (bicyclic) bond motifs is 1. The lowest BCUT2D eigenvalue weighted by Gasteiger charge is -2.36. The maximum Gasteiger partial charge on any atom is 0.127 e. The van der Waals surface area contributed by atoms with Crippen LogP contribution in [0.4, 0.5) is 5.69 Å². The van der Waals surface area contributed by atoms with Crippen LogP contribution in [0.15, 0.2) is 24.3 Å². The van der Waals surface area contributed by atoms with Gasteiger partial charge in [-0.15, -0.1) is 0 Å². The van der Waals surface area contributed by atoms with Gasteiger partial charge in [-0.25, -0.2) is 0 Å². The first-order chi connectivity index (χ1) is 8.18. The summed E-state index contributed by atoms with van der Waals surface area (Å²) in [7, 11) is 0. The monoisotopic (exact) mass is 231 g/mol. The Bertz CT molecular complexity index is 402. The van der Waals surface area contributed by atoms with Gasteiger partial charge >= 0.3 is 0 Å². The van der Waals surface area contributed by atoms with Crippen molar-refractivity contribution in [3.05, 3.63) is 29.8 Å². The maximum atomic E-state index is 11.2. The molecule has 0 saturated carbocycles. The molecule has 2 rings (SSSR count). The van der Waals surface area contributed by atoms with Gasteiger partial charge in [0.2, 0.25) is 0 Å². The van der Waals surface area contributed by atoms with Crippen LogP contribution >= 0.6 is 0 Å². The molecule has 0 spiro atoms. The number of nitrogens with zero attached hydrogens (tertiary/aromatic N) is 1. The second-order valence-corrected chi connectivity index (χ2v) is 5.28. The molecule has 1 aliphatic heterocycles. The summed E-state index contributed by atoms with van der Waals surface area (Å²) in [5.41, 5.74) is 2.52. The molecule has 1 aromatic carbocycles. The Hall–Kier alpha value is -1.31. The minimum atomic E-state index is -0.218. The summed E-state index contributed by atoms with van der Waals surface area (Å²) >= 11 is 0. The lowest BCUT2D eigenvalue weighted by Crippen LogP contribution is -2.39. The van der Waals surface area contributed by atoms with Gasteiger partial charge in [0.1, 0.15) is 6.29 Å². The summed E-state index contributed by atoms with van der Waals surface area (Å²) in [5, 5.41) is 0. The van der Waals surface area contributed by atoms with E-state index in [0.717, 1.165) is 32.2 Å². The molecule has 2 heteroatoms. The molecule has 0 aromatic heterocycles. The molecule has 92 valence electrons. The van der Waals surface area contributed by atoms with E-state index in [1.54, 1.807) is 0 Å². The van der Waals surface area contributed by atoms with Crippen LogP contribution in [0.25, 0.3) is 0 Å². The smallest absolute Gasteiger partial charge is 0.127 e. The highest BCUT2D eigenvalue weighted by atomic mass is 16.1. The lowest BCUT2D eigenvalue weighted by atomic mass is 9.87. The molecule has 0 bridgehead atoms. The van der Waals surface area contributed by atoms with Gasteiger partial charge in [-0.1, -0.05) is 32.0 Å². The van der Waals surface area contributed by atoms with Gasteiger partial charge in [0.25, 0.3) is 0 Å². The second-order valence-electron chi connectivity index (χ2n) is 5.28. The highest BCUT2D eigenvalue weighted by Gasteiger charge is 2.27. The summed E-state index contributed by atoms with van der Waals surface area (Å²) in [6.07, 6.45) is 4.37. The van der Waals surface area contributed by atoms with Crippen LogP contribution in [-0.4, -0.2) is 19.4 Å². The first-order valence-electron chi connectivity index (χ1n) is 6.48. The molecule has 2 nitrogen and oxygen atoms in total. The fourth-order valence-corrected chi connectivity index (χ4v) is 2.44. The number of rotatable bonds is 4. The van der Waals surface area contributed by atoms with E-state index in [9.17, 15) is 4.79 Å². The van der Waals surface area contributed by atoms with Gasteiger partial charge in [-0.05, 0) is 30.9 Å². The number of benzene rings is 1. The van der Waals surface area contributed by atoms with Crippen LogP contribution in [0, 0.1) is 5.41 Å². The van der Waals surface area contributed by atoms with Gasteiger partial charge < -0.3 is 9.69 Å². The quantitative estimate of drug-likeness (QED) is 0.742. The average molecular weight is 231 g/mol. The molecule has 0 saturated heterocycles. The van der Waals surface area contributed by atoms with Crippen LogP contribution < -0.4 is 4.90 Å². The normalized spacial score (nSPS) is 18.4. The molecule has 1 aliphatic rings. The van der Waals surface area contributed by atoms with E-state index in [2.05, 4.69) is 43.0 Å². The Labute approximate surface area is 104 Å². The van der Waals surface area contributed by atoms with E-state index in [1.165, 1.54) is 17.7 Å². The van der Waals surface area contributed by atoms with Crippen LogP contribution in [0.5, 0.6) is 0 Å². The molecule has 1 heterocycles. The zero-order valence-electron chi connectivity index (χ0n) is 10.8. The minimum absolute atomic E-state index is 0.218. The van der Waals surface area contributed by atoms with Crippen molar-refractivity contribution in [2.75, 3.05) is 18.0 Å². The third-order valence-electron chi connectivity index (χ3n) is 3.85. The molecular formula is C15H21NO. The summed E-state index contributed by atoms with van der Waals surface area (Å²) in [5.74, 6) is 0. The van der Waals surface area contributed by atoms with Crippen molar-refractivity contribution >= 4 is 12.0 Å². The van der Waals surface area contributed by atoms with Gasteiger partial charge in [0.15, 0.2) is 0 Å². The number of para-hydroxylation sites is 1. The number of carbonyl (C=O) groups excluding carboxylic acids is 1. The molecule has 1 unspecified atom stereocenters. The second kappa shape index (κ2) is 4.91. The fourth-order valence-electron chi connectivity index (χ4n) is 2.44. The van der Waals surface area contributed by atoms with E-state index >= 15 is 0 Å². The molecule has 0 amide bonds. The molecule has 0 radical (unpaired) electrons. The van der Waals surface area contributed by atoms with E-state index in [4.69, 9.17) is 0 Å². The number of hydrogen-bond donors (Lipinski definition) is 0. The van der Waals surface area contributed by atoms with E-state index < -0.39 is 0 Å². The van der Waals surface area contributed by atoms with Gasteiger partial charge in [-0.3, -0.25) is 0 Å². The summed E-state index contributed by atoms with van der Waals surface area (Å²) in [6, 6.07) is 8.56. The fraction of sp³-hybridized carbons (Fsp3) is 0.533. The zero-order chi connectivity index (χ0) is 12.3. The van der Waals surface area contributed by atoms with Gasteiger partial charge in [-0.2, -0.15) is 0 Å². The molecule has 0 N–H and O–H groups in total. The first kappa shape index (κ1) is 12.2. The van der Waals surface area contributed by atoms with Crippen molar-refractivity contribution in [3.8, 4) is 0 Å². The summed E-state index contributed by atoms with van der Waals surface area (Å²) < 4.78 is 0. The summed E-state index contributed by atoms with van der Waals surface area (Å²) in [6.45, 7) is 6.05. The molecule has 0 aliphatic carbocycles. The number of aldehydes is 1. The van der Waals surface area contributed by atoms with Crippen molar-refractivity contribution in [2.45, 2.75) is 33.1 Å². The Morgan fingerprint density at radius 2 is 2.18 bits per heavy atom. The number of hydrogen-bond acceptors (Lipinski definition) is 2. The van der Waals surface area contributed by atoms with E-state index in [-0.39, 0.29) is 5.41 Å². The Morgan fingerprint density at radius 3 is 2.88 bits per heavy atom. The molecule has 17 heavy (non-hydrogen) atoms. The Kier molecular flexibility index (Phi) is 3.51. The SMILES string of the molecule is CCC(C)(C=O)CN1CCCc2ccccc21. The molecular weight excluding hydrogens is 210 g/mol. The standard InChI is InChI=1S/C15H21NO/c1-3-15(2,12-17)11-16-10-6-8-13-7-4-5-9-14(13)16/h4-5,7,9,12H,3,6,8,10-11H2,1-2H3. The lowest BCUT2D eigenvalue weighted by molar-refractivity contribution is -0.115. The van der Waals surface area contributed by atoms with Crippen molar-refractivity contribution in [1.29, 1.82) is 0 Å². The Balaban J connectivity index is 2.21. The number of anilines is 1. The largest absolute Gasteiger partial charge is 0.370 e. The molecule has 1 aromatic rings. The van der Waals surface area contributed by atoms with Crippen LogP contribution in [0.1, 0.15) is 32.3 Å². The average Bonchev–Trinajstić information content (AvgIpc) is 2.39. The van der Waals surface area contributed by atoms with E-state index in [0.29, 0.717) is 0 Å². The predicted octanol–water partition coefficient (Wildman–Crippen LogP) is 3.05. The highest BCUT2D eigenvalue weighted by Crippen LogP contribution is 2.30. The maximum absolute atomic E-state index is 11.2. The van der Waals surface area contributed by atoms with Crippen LogP contribution in [-0.2, 0) is 11.2 Å². The predicted molar refractivity (Wildman–Crippen MR) is 71.4 cm³/mol. The minimum Gasteiger partial charge on any atom is -0.370 e. The third-order valence-corrected chi connectivity index (χ3v) is 3.85. The first-order valence-corrected chi connectivity index (χ1v) is 6.48. The third kappa shape index (κ3) is 2.51. The molecule has 1 atom stereocenters. The van der Waals surface area contributed by atoms with E-state index in [1.807, 2.05) is 0 Å². The van der Waals surface area contributed by atoms with Gasteiger partial charge in [0.05, 0.1) is 0 Å². The summed E-state index contributed by atoms with van der Waals surface area (Å²) in [4.78, 5) is 13.6. The van der Waals surface area contributed by atoms with Crippen molar-refractivity contribution in [1.82, 2.24) is 0 Å². The van der Waals surface area contributed by atoms with Crippen molar-refractivity contribution < 1.29 is 4.79 Å².